The summed E-state index contributed by atoms with van der Waals surface area (Å²) in [6.45, 7) is 3.44. The van der Waals surface area contributed by atoms with Gasteiger partial charge in [-0.2, -0.15) is 0 Å². The molecule has 1 saturated heterocycles. The molecule has 2 heterocycles. The van der Waals surface area contributed by atoms with Gasteiger partial charge in [-0.15, -0.1) is 11.8 Å². The monoisotopic (exact) mass is 267 g/mol. The molecule has 98 valence electrons. The van der Waals surface area contributed by atoms with E-state index in [1.807, 2.05) is 11.2 Å². The number of anilines is 1. The van der Waals surface area contributed by atoms with Crippen molar-refractivity contribution in [2.75, 3.05) is 24.2 Å². The Kier molecular flexibility index (Phi) is 4.06. The van der Waals surface area contributed by atoms with Gasteiger partial charge in [-0.1, -0.05) is 6.92 Å². The number of carboxylic acid groups (broad SMARTS) is 1. The first kappa shape index (κ1) is 13.1. The highest BCUT2D eigenvalue weighted by Crippen LogP contribution is 2.26. The van der Waals surface area contributed by atoms with Gasteiger partial charge < -0.3 is 10.0 Å². The van der Waals surface area contributed by atoms with Crippen LogP contribution in [0.25, 0.3) is 0 Å². The number of piperidine rings is 1. The minimum absolute atomic E-state index is 0.312. The molecular weight excluding hydrogens is 250 g/mol. The Morgan fingerprint density at radius 1 is 1.50 bits per heavy atom. The van der Waals surface area contributed by atoms with Crippen molar-refractivity contribution in [3.8, 4) is 0 Å². The molecule has 2 unspecified atom stereocenters. The van der Waals surface area contributed by atoms with Gasteiger partial charge in [0, 0.05) is 13.1 Å². The predicted molar refractivity (Wildman–Crippen MR) is 70.9 cm³/mol. The second-order valence-electron chi connectivity index (χ2n) is 4.70. The molecule has 0 aromatic carbocycles. The van der Waals surface area contributed by atoms with E-state index in [0.717, 1.165) is 23.8 Å². The van der Waals surface area contributed by atoms with Crippen LogP contribution in [0.2, 0.25) is 0 Å². The van der Waals surface area contributed by atoms with Crippen molar-refractivity contribution in [1.29, 1.82) is 0 Å². The molecule has 1 N–H and O–H groups in total. The molecule has 1 aromatic heterocycles. The number of carbonyl (C=O) groups is 1. The van der Waals surface area contributed by atoms with Crippen molar-refractivity contribution < 1.29 is 9.90 Å². The van der Waals surface area contributed by atoms with Crippen LogP contribution < -0.4 is 4.90 Å². The van der Waals surface area contributed by atoms with Crippen molar-refractivity contribution in [3.63, 3.8) is 0 Å². The van der Waals surface area contributed by atoms with Gasteiger partial charge in [0.15, 0.2) is 0 Å². The van der Waals surface area contributed by atoms with Gasteiger partial charge in [0.25, 0.3) is 0 Å². The molecular formula is C12H17N3O2S. The van der Waals surface area contributed by atoms with Crippen LogP contribution in [0.1, 0.15) is 13.3 Å². The molecule has 5 nitrogen and oxygen atoms in total. The lowest BCUT2D eigenvalue weighted by Crippen LogP contribution is -2.43. The largest absolute Gasteiger partial charge is 0.481 e. The summed E-state index contributed by atoms with van der Waals surface area (Å²) < 4.78 is 0. The minimum Gasteiger partial charge on any atom is -0.481 e. The van der Waals surface area contributed by atoms with Crippen LogP contribution >= 0.6 is 11.8 Å². The number of thioether (sulfide) groups is 1. The predicted octanol–water partition coefficient (Wildman–Crippen LogP) is 1.75. The topological polar surface area (TPSA) is 66.3 Å². The number of rotatable bonds is 3. The highest BCUT2D eigenvalue weighted by molar-refractivity contribution is 7.98. The van der Waals surface area contributed by atoms with E-state index in [1.165, 1.54) is 11.8 Å². The number of carboxylic acids is 1. The normalized spacial score (nSPS) is 24.0. The lowest BCUT2D eigenvalue weighted by atomic mass is 9.90. The van der Waals surface area contributed by atoms with Gasteiger partial charge >= 0.3 is 5.97 Å². The summed E-state index contributed by atoms with van der Waals surface area (Å²) in [6, 6.07) is 0. The molecule has 0 saturated carbocycles. The third-order valence-corrected chi connectivity index (χ3v) is 3.76. The molecule has 0 aliphatic carbocycles. The molecule has 0 bridgehead atoms. The summed E-state index contributed by atoms with van der Waals surface area (Å²) in [6.07, 6.45) is 6.11. The Morgan fingerprint density at radius 2 is 2.28 bits per heavy atom. The van der Waals surface area contributed by atoms with Crippen molar-refractivity contribution in [1.82, 2.24) is 9.97 Å². The van der Waals surface area contributed by atoms with Gasteiger partial charge in [0.1, 0.15) is 10.8 Å². The fourth-order valence-corrected chi connectivity index (χ4v) is 2.66. The summed E-state index contributed by atoms with van der Waals surface area (Å²) in [7, 11) is 0. The van der Waals surface area contributed by atoms with E-state index < -0.39 is 5.97 Å². The van der Waals surface area contributed by atoms with Gasteiger partial charge in [-0.3, -0.25) is 9.78 Å². The Bertz CT molecular complexity index is 441. The summed E-state index contributed by atoms with van der Waals surface area (Å²) in [4.78, 5) is 21.8. The Labute approximate surface area is 111 Å². The van der Waals surface area contributed by atoms with Gasteiger partial charge in [-0.05, 0) is 18.6 Å². The van der Waals surface area contributed by atoms with Crippen LogP contribution in [0, 0.1) is 11.8 Å². The summed E-state index contributed by atoms with van der Waals surface area (Å²) in [5.41, 5.74) is 0. The van der Waals surface area contributed by atoms with E-state index in [4.69, 9.17) is 5.11 Å². The molecule has 1 aliphatic rings. The summed E-state index contributed by atoms with van der Waals surface area (Å²) >= 11 is 1.54. The molecule has 1 aliphatic heterocycles. The maximum absolute atomic E-state index is 11.1. The molecule has 0 spiro atoms. The second-order valence-corrected chi connectivity index (χ2v) is 5.53. The standard InChI is InChI=1S/C12H17N3O2S/c1-8-3-9(12(16)17)7-15(6-8)10-4-13-5-11(14-10)18-2/h4-5,8-9H,3,6-7H2,1-2H3,(H,16,17). The second kappa shape index (κ2) is 5.56. The van der Waals surface area contributed by atoms with Crippen molar-refractivity contribution in [3.05, 3.63) is 12.4 Å². The van der Waals surface area contributed by atoms with Crippen molar-refractivity contribution >= 4 is 23.5 Å². The zero-order chi connectivity index (χ0) is 13.1. The zero-order valence-corrected chi connectivity index (χ0v) is 11.4. The van der Waals surface area contributed by atoms with Gasteiger partial charge in [-0.25, -0.2) is 4.98 Å². The SMILES string of the molecule is CSc1cncc(N2CC(C)CC(C(=O)O)C2)n1. The Balaban J connectivity index is 2.18. The van der Waals surface area contributed by atoms with E-state index in [-0.39, 0.29) is 5.92 Å². The maximum atomic E-state index is 11.1. The third kappa shape index (κ3) is 2.93. The number of aliphatic carboxylic acids is 1. The van der Waals surface area contributed by atoms with E-state index in [9.17, 15) is 4.79 Å². The lowest BCUT2D eigenvalue weighted by Gasteiger charge is -2.35. The van der Waals surface area contributed by atoms with E-state index in [0.29, 0.717) is 12.5 Å². The van der Waals surface area contributed by atoms with Crippen LogP contribution in [0.15, 0.2) is 17.4 Å². The summed E-state index contributed by atoms with van der Waals surface area (Å²) in [5.74, 6) is 0.105. The minimum atomic E-state index is -0.722. The average molecular weight is 267 g/mol. The molecule has 1 fully saturated rings. The molecule has 6 heteroatoms. The number of hydrogen-bond donors (Lipinski definition) is 1. The van der Waals surface area contributed by atoms with Crippen molar-refractivity contribution in [2.45, 2.75) is 18.4 Å². The fourth-order valence-electron chi connectivity index (χ4n) is 2.31. The smallest absolute Gasteiger partial charge is 0.308 e. The number of nitrogens with zero attached hydrogens (tertiary/aromatic N) is 3. The Hall–Kier alpha value is -1.30. The van der Waals surface area contributed by atoms with Crippen LogP contribution in [0.5, 0.6) is 0 Å². The maximum Gasteiger partial charge on any atom is 0.308 e. The quantitative estimate of drug-likeness (QED) is 0.842. The first-order chi connectivity index (χ1) is 8.60. The lowest BCUT2D eigenvalue weighted by molar-refractivity contribution is -0.142. The number of aromatic nitrogens is 2. The van der Waals surface area contributed by atoms with Crippen LogP contribution in [-0.2, 0) is 4.79 Å². The first-order valence-electron chi connectivity index (χ1n) is 5.94. The highest BCUT2D eigenvalue weighted by Gasteiger charge is 2.30. The van der Waals surface area contributed by atoms with Gasteiger partial charge in [0.05, 0.1) is 18.3 Å². The van der Waals surface area contributed by atoms with Crippen LogP contribution in [-0.4, -0.2) is 40.4 Å². The van der Waals surface area contributed by atoms with Crippen molar-refractivity contribution in [2.24, 2.45) is 11.8 Å². The highest BCUT2D eigenvalue weighted by atomic mass is 32.2. The Morgan fingerprint density at radius 3 is 2.94 bits per heavy atom. The summed E-state index contributed by atoms with van der Waals surface area (Å²) in [5, 5.41) is 10.0. The molecule has 2 rings (SSSR count). The molecule has 2 atom stereocenters. The zero-order valence-electron chi connectivity index (χ0n) is 10.5. The first-order valence-corrected chi connectivity index (χ1v) is 7.16. The molecule has 18 heavy (non-hydrogen) atoms. The van der Waals surface area contributed by atoms with E-state index >= 15 is 0 Å². The number of hydrogen-bond acceptors (Lipinski definition) is 5. The van der Waals surface area contributed by atoms with E-state index in [2.05, 4.69) is 16.9 Å². The molecule has 1 aromatic rings. The van der Waals surface area contributed by atoms with Gasteiger partial charge in [0.2, 0.25) is 0 Å². The third-order valence-electron chi connectivity index (χ3n) is 3.14. The molecule has 0 amide bonds. The van der Waals surface area contributed by atoms with Crippen LogP contribution in [0.3, 0.4) is 0 Å². The molecule has 0 radical (unpaired) electrons. The fraction of sp³-hybridized carbons (Fsp3) is 0.583. The average Bonchev–Trinajstić information content (AvgIpc) is 2.38. The van der Waals surface area contributed by atoms with E-state index in [1.54, 1.807) is 12.4 Å². The van der Waals surface area contributed by atoms with Crippen LogP contribution in [0.4, 0.5) is 5.82 Å².